The van der Waals surface area contributed by atoms with Crippen LogP contribution in [0.15, 0.2) is 85.1 Å². The summed E-state index contributed by atoms with van der Waals surface area (Å²) in [4.78, 5) is 36.9. The van der Waals surface area contributed by atoms with E-state index in [4.69, 9.17) is 14.5 Å². The molecule has 2 amide bonds. The number of H-pyrrole nitrogens is 1. The van der Waals surface area contributed by atoms with Gasteiger partial charge in [-0.3, -0.25) is 9.59 Å². The third-order valence-electron chi connectivity index (χ3n) is 8.93. The molecule has 1 aromatic heterocycles. The summed E-state index contributed by atoms with van der Waals surface area (Å²) >= 11 is 0. The largest absolute Gasteiger partial charge is 0.376 e. The Hall–Kier alpha value is -4.27. The SMILES string of the molecule is O=C(CC1CC1)N[C@H](C(=O)N1CCC[C@H]1c1ncc(-c2ccc(-c3ccc(C4COCCO4)cc3)cc2)[nH]1)c1ccccc1. The minimum Gasteiger partial charge on any atom is -0.376 e. The smallest absolute Gasteiger partial charge is 0.250 e. The summed E-state index contributed by atoms with van der Waals surface area (Å²) in [5.74, 6) is 1.08. The Morgan fingerprint density at radius 3 is 2.34 bits per heavy atom. The van der Waals surface area contributed by atoms with Gasteiger partial charge in [0.1, 0.15) is 18.0 Å². The summed E-state index contributed by atoms with van der Waals surface area (Å²) in [6, 6.07) is 25.6. The van der Waals surface area contributed by atoms with E-state index < -0.39 is 6.04 Å². The number of hydrogen-bond donors (Lipinski definition) is 2. The van der Waals surface area contributed by atoms with Crippen molar-refractivity contribution in [3.63, 3.8) is 0 Å². The van der Waals surface area contributed by atoms with E-state index >= 15 is 0 Å². The van der Waals surface area contributed by atoms with Crippen LogP contribution in [0.5, 0.6) is 0 Å². The number of amides is 2. The van der Waals surface area contributed by atoms with Crippen molar-refractivity contribution in [1.29, 1.82) is 0 Å². The quantitative estimate of drug-likeness (QED) is 0.244. The lowest BCUT2D eigenvalue weighted by atomic mass is 10.0. The highest BCUT2D eigenvalue weighted by atomic mass is 16.6. The fraction of sp³-hybridized carbons (Fsp3) is 0.361. The van der Waals surface area contributed by atoms with E-state index in [1.807, 2.05) is 41.4 Å². The van der Waals surface area contributed by atoms with Crippen molar-refractivity contribution in [2.24, 2.45) is 5.92 Å². The van der Waals surface area contributed by atoms with Crippen LogP contribution >= 0.6 is 0 Å². The molecule has 3 atom stereocenters. The Kier molecular flexibility index (Phi) is 8.27. The molecule has 8 nitrogen and oxygen atoms in total. The van der Waals surface area contributed by atoms with Crippen LogP contribution in [0.3, 0.4) is 0 Å². The Labute approximate surface area is 257 Å². The molecule has 0 spiro atoms. The van der Waals surface area contributed by atoms with Gasteiger partial charge in [-0.1, -0.05) is 78.9 Å². The lowest BCUT2D eigenvalue weighted by molar-refractivity contribution is -0.137. The maximum Gasteiger partial charge on any atom is 0.250 e. The summed E-state index contributed by atoms with van der Waals surface area (Å²) in [7, 11) is 0. The maximum absolute atomic E-state index is 14.0. The first-order valence-electron chi connectivity index (χ1n) is 15.7. The Morgan fingerprint density at radius 1 is 0.909 bits per heavy atom. The van der Waals surface area contributed by atoms with Gasteiger partial charge in [0.05, 0.1) is 37.8 Å². The maximum atomic E-state index is 14.0. The third-order valence-corrected chi connectivity index (χ3v) is 8.93. The van der Waals surface area contributed by atoms with Crippen molar-refractivity contribution in [2.45, 2.75) is 50.3 Å². The van der Waals surface area contributed by atoms with Gasteiger partial charge in [0.2, 0.25) is 11.8 Å². The van der Waals surface area contributed by atoms with Crippen LogP contribution in [0.2, 0.25) is 0 Å². The van der Waals surface area contributed by atoms with Crippen molar-refractivity contribution in [3.05, 3.63) is 102 Å². The molecule has 7 rings (SSSR count). The Bertz CT molecular complexity index is 1570. The predicted molar refractivity (Wildman–Crippen MR) is 167 cm³/mol. The highest BCUT2D eigenvalue weighted by Gasteiger charge is 2.37. The molecule has 3 heterocycles. The molecule has 0 radical (unpaired) electrons. The summed E-state index contributed by atoms with van der Waals surface area (Å²) in [5, 5.41) is 3.05. The minimum absolute atomic E-state index is 0.00358. The van der Waals surface area contributed by atoms with E-state index in [1.54, 1.807) is 0 Å². The van der Waals surface area contributed by atoms with Crippen molar-refractivity contribution >= 4 is 11.8 Å². The number of nitrogens with one attached hydrogen (secondary N) is 2. The normalized spacial score (nSPS) is 20.8. The molecular weight excluding hydrogens is 552 g/mol. The molecule has 1 unspecified atom stereocenters. The second kappa shape index (κ2) is 12.8. The average molecular weight is 591 g/mol. The number of ether oxygens (including phenoxy) is 2. The number of imidazole rings is 1. The van der Waals surface area contributed by atoms with E-state index in [0.29, 0.717) is 38.7 Å². The van der Waals surface area contributed by atoms with Crippen LogP contribution in [-0.2, 0) is 19.1 Å². The summed E-state index contributed by atoms with van der Waals surface area (Å²) in [5.41, 5.74) is 6.14. The van der Waals surface area contributed by atoms with Crippen molar-refractivity contribution < 1.29 is 19.1 Å². The number of likely N-dealkylation sites (tertiary alicyclic amines) is 1. The molecule has 2 saturated heterocycles. The van der Waals surface area contributed by atoms with Gasteiger partial charge in [-0.15, -0.1) is 0 Å². The third kappa shape index (κ3) is 6.32. The van der Waals surface area contributed by atoms with Gasteiger partial charge in [0.25, 0.3) is 0 Å². The van der Waals surface area contributed by atoms with Gasteiger partial charge in [-0.25, -0.2) is 4.98 Å². The zero-order chi connectivity index (χ0) is 29.9. The van der Waals surface area contributed by atoms with Gasteiger partial charge in [0, 0.05) is 13.0 Å². The van der Waals surface area contributed by atoms with Gasteiger partial charge >= 0.3 is 0 Å². The van der Waals surface area contributed by atoms with Crippen LogP contribution in [0.25, 0.3) is 22.4 Å². The van der Waals surface area contributed by atoms with Crippen LogP contribution < -0.4 is 5.32 Å². The number of carbonyl (C=O) groups is 2. The molecule has 2 aliphatic heterocycles. The first-order valence-corrected chi connectivity index (χ1v) is 15.7. The fourth-order valence-electron chi connectivity index (χ4n) is 6.28. The lowest BCUT2D eigenvalue weighted by Gasteiger charge is -2.28. The number of aromatic amines is 1. The molecule has 226 valence electrons. The van der Waals surface area contributed by atoms with Gasteiger partial charge < -0.3 is 24.7 Å². The van der Waals surface area contributed by atoms with Crippen molar-refractivity contribution in [2.75, 3.05) is 26.4 Å². The topological polar surface area (TPSA) is 96.6 Å². The number of aromatic nitrogens is 2. The first kappa shape index (κ1) is 28.5. The molecule has 1 saturated carbocycles. The molecule has 2 N–H and O–H groups in total. The second-order valence-corrected chi connectivity index (χ2v) is 12.1. The van der Waals surface area contributed by atoms with Crippen LogP contribution in [0.1, 0.15) is 67.2 Å². The van der Waals surface area contributed by atoms with E-state index in [2.05, 4.69) is 58.8 Å². The van der Waals surface area contributed by atoms with Crippen molar-refractivity contribution in [3.8, 4) is 22.4 Å². The zero-order valence-corrected chi connectivity index (χ0v) is 24.8. The Morgan fingerprint density at radius 2 is 1.64 bits per heavy atom. The van der Waals surface area contributed by atoms with E-state index in [-0.39, 0.29) is 24.0 Å². The fourth-order valence-corrected chi connectivity index (χ4v) is 6.28. The first-order chi connectivity index (χ1) is 21.6. The number of carbonyl (C=O) groups excluding carboxylic acids is 2. The van der Waals surface area contributed by atoms with Crippen molar-refractivity contribution in [1.82, 2.24) is 20.2 Å². The summed E-state index contributed by atoms with van der Waals surface area (Å²) in [6.45, 7) is 2.52. The monoisotopic (exact) mass is 590 g/mol. The zero-order valence-electron chi connectivity index (χ0n) is 24.8. The predicted octanol–water partition coefficient (Wildman–Crippen LogP) is 6.15. The van der Waals surface area contributed by atoms with E-state index in [0.717, 1.165) is 65.0 Å². The standard InChI is InChI=1S/C36H38N4O4/c41-33(21-24-8-9-24)39-34(29-5-2-1-3-6-29)36(42)40-18-4-7-31(40)35-37-22-30(38-35)27-14-10-25(11-15-27)26-12-16-28(17-13-26)32-23-43-19-20-44-32/h1-3,5-6,10-17,22,24,31-32,34H,4,7-9,18-21,23H2,(H,37,38)(H,39,41)/t31-,32?,34-/m0/s1. The molecule has 3 fully saturated rings. The number of nitrogens with zero attached hydrogens (tertiary/aromatic N) is 2. The molecule has 3 aromatic carbocycles. The molecule has 1 aliphatic carbocycles. The minimum atomic E-state index is -0.706. The molecule has 0 bridgehead atoms. The molecule has 8 heteroatoms. The van der Waals surface area contributed by atoms with E-state index in [9.17, 15) is 9.59 Å². The highest BCUT2D eigenvalue weighted by Crippen LogP contribution is 2.35. The van der Waals surface area contributed by atoms with Crippen LogP contribution in [0, 0.1) is 5.92 Å². The Balaban J connectivity index is 1.05. The van der Waals surface area contributed by atoms with Gasteiger partial charge in [-0.05, 0) is 59.4 Å². The van der Waals surface area contributed by atoms with Crippen LogP contribution in [0.4, 0.5) is 0 Å². The average Bonchev–Trinajstić information content (AvgIpc) is 3.53. The number of benzene rings is 3. The summed E-state index contributed by atoms with van der Waals surface area (Å²) in [6.07, 6.45) is 6.22. The summed E-state index contributed by atoms with van der Waals surface area (Å²) < 4.78 is 11.4. The highest BCUT2D eigenvalue weighted by molar-refractivity contribution is 5.89. The van der Waals surface area contributed by atoms with Gasteiger partial charge in [0.15, 0.2) is 0 Å². The lowest BCUT2D eigenvalue weighted by Crippen LogP contribution is -2.43. The molecule has 44 heavy (non-hydrogen) atoms. The molecular formula is C36H38N4O4. The number of hydrogen-bond acceptors (Lipinski definition) is 5. The van der Waals surface area contributed by atoms with Gasteiger partial charge in [-0.2, -0.15) is 0 Å². The molecule has 4 aromatic rings. The molecule has 3 aliphatic rings. The van der Waals surface area contributed by atoms with E-state index in [1.165, 1.54) is 0 Å². The van der Waals surface area contributed by atoms with Crippen LogP contribution in [-0.4, -0.2) is 53.0 Å². The second-order valence-electron chi connectivity index (χ2n) is 12.1. The number of rotatable bonds is 9.